The third-order valence-electron chi connectivity index (χ3n) is 7.90. The Morgan fingerprint density at radius 2 is 2.05 bits per heavy atom. The largest absolute Gasteiger partial charge is 0.470 e. The molecule has 3 aliphatic heterocycles. The van der Waals surface area contributed by atoms with E-state index in [9.17, 15) is 17.6 Å². The number of fused-ring (bicyclic) bond motifs is 4. The quantitative estimate of drug-likeness (QED) is 0.488. The lowest BCUT2D eigenvalue weighted by Crippen LogP contribution is -2.56. The molecule has 0 spiro atoms. The molecule has 1 fully saturated rings. The number of aromatic amines is 1. The van der Waals surface area contributed by atoms with Crippen LogP contribution in [0.3, 0.4) is 0 Å². The van der Waals surface area contributed by atoms with Gasteiger partial charge in [0.05, 0.1) is 17.9 Å². The summed E-state index contributed by atoms with van der Waals surface area (Å²) in [6.45, 7) is 4.52. The maximum atomic E-state index is 15.3. The molecule has 3 atom stereocenters. The van der Waals surface area contributed by atoms with Gasteiger partial charge in [-0.25, -0.2) is 22.0 Å². The lowest BCUT2D eigenvalue weighted by atomic mass is 9.87. The van der Waals surface area contributed by atoms with Crippen LogP contribution in [0.15, 0.2) is 44.4 Å². The first-order valence-corrected chi connectivity index (χ1v) is 14.2. The lowest BCUT2D eigenvalue weighted by Gasteiger charge is -2.44. The minimum Gasteiger partial charge on any atom is -0.352 e. The van der Waals surface area contributed by atoms with Crippen molar-refractivity contribution < 1.29 is 26.3 Å². The van der Waals surface area contributed by atoms with Crippen molar-refractivity contribution in [2.24, 2.45) is 0 Å². The van der Waals surface area contributed by atoms with Crippen LogP contribution in [0.5, 0.6) is 0 Å². The molecule has 1 N–H and O–H groups in total. The molecule has 0 bridgehead atoms. The molecule has 202 valence electrons. The second-order valence-corrected chi connectivity index (χ2v) is 12.4. The van der Waals surface area contributed by atoms with Gasteiger partial charge in [-0.15, -0.1) is 0 Å². The Labute approximate surface area is 223 Å². The standard InChI is InChI=1S/C25H26ClF2N5O4S/c1-14-3-5-18(28)21-15(2)23(24-33(22(14)21)29-25(34)37-24)32-13-31(17-7-9-30(12-17)10-8-27)19-11-16(26)4-6-20(19)38(32,35)36/h3-6,11,15,17,23H,7-10,12-13H2,1-2H3/p+1/t15-,17+,23+/m1/s1. The fourth-order valence-electron chi connectivity index (χ4n) is 6.14. The summed E-state index contributed by atoms with van der Waals surface area (Å²) in [4.78, 5) is 16.4. The van der Waals surface area contributed by atoms with Crippen molar-refractivity contribution in [2.75, 3.05) is 37.9 Å². The van der Waals surface area contributed by atoms with Crippen LogP contribution in [0.1, 0.15) is 42.3 Å². The summed E-state index contributed by atoms with van der Waals surface area (Å²) < 4.78 is 64.8. The number of halogens is 3. The van der Waals surface area contributed by atoms with Gasteiger partial charge >= 0.3 is 11.6 Å². The Balaban J connectivity index is 1.51. The fourth-order valence-corrected chi connectivity index (χ4v) is 8.08. The molecule has 1 aromatic heterocycles. The highest BCUT2D eigenvalue weighted by molar-refractivity contribution is 7.89. The van der Waals surface area contributed by atoms with E-state index in [2.05, 4.69) is 5.10 Å². The number of H-pyrrole nitrogens is 1. The van der Waals surface area contributed by atoms with Crippen LogP contribution in [0.4, 0.5) is 14.5 Å². The monoisotopic (exact) mass is 566 g/mol. The van der Waals surface area contributed by atoms with Gasteiger partial charge in [-0.3, -0.25) is 4.90 Å². The Morgan fingerprint density at radius 1 is 1.26 bits per heavy atom. The molecule has 6 rings (SSSR count). The van der Waals surface area contributed by atoms with Gasteiger partial charge in [0.1, 0.15) is 17.4 Å². The number of nitrogens with one attached hydrogen (secondary N) is 1. The first-order chi connectivity index (χ1) is 18.1. The van der Waals surface area contributed by atoms with Gasteiger partial charge in [-0.05, 0) is 48.4 Å². The summed E-state index contributed by atoms with van der Waals surface area (Å²) in [6.07, 6.45) is 0.704. The minimum atomic E-state index is -4.13. The van der Waals surface area contributed by atoms with Crippen molar-refractivity contribution in [2.45, 2.75) is 43.2 Å². The molecule has 0 unspecified atom stereocenters. The van der Waals surface area contributed by atoms with E-state index < -0.39 is 40.2 Å². The number of hydrogen-bond donors (Lipinski definition) is 1. The maximum absolute atomic E-state index is 15.3. The molecular formula is C25H27ClF2N5O4S+. The van der Waals surface area contributed by atoms with E-state index in [-0.39, 0.29) is 23.5 Å². The molecule has 1 saturated heterocycles. The number of nitrogens with zero attached hydrogens (tertiary/aromatic N) is 4. The molecule has 9 nitrogen and oxygen atoms in total. The van der Waals surface area contributed by atoms with E-state index in [0.29, 0.717) is 53.6 Å². The molecule has 0 radical (unpaired) electrons. The minimum absolute atomic E-state index is 0.0595. The molecular weight excluding hydrogens is 540 g/mol. The number of sulfonamides is 1. The predicted molar refractivity (Wildman–Crippen MR) is 135 cm³/mol. The Bertz CT molecular complexity index is 1590. The Morgan fingerprint density at radius 3 is 2.82 bits per heavy atom. The average molecular weight is 567 g/mol. The number of aromatic nitrogens is 2. The van der Waals surface area contributed by atoms with E-state index in [1.165, 1.54) is 27.2 Å². The van der Waals surface area contributed by atoms with Crippen LogP contribution >= 0.6 is 11.6 Å². The molecule has 38 heavy (non-hydrogen) atoms. The van der Waals surface area contributed by atoms with Crippen LogP contribution in [0.25, 0.3) is 5.69 Å². The zero-order valence-corrected chi connectivity index (χ0v) is 22.4. The molecule has 3 aliphatic rings. The van der Waals surface area contributed by atoms with Crippen molar-refractivity contribution >= 4 is 27.3 Å². The zero-order valence-electron chi connectivity index (χ0n) is 20.8. The number of benzene rings is 2. The van der Waals surface area contributed by atoms with Crippen molar-refractivity contribution in [3.05, 3.63) is 68.7 Å². The molecule has 0 amide bonds. The van der Waals surface area contributed by atoms with Crippen molar-refractivity contribution in [1.82, 2.24) is 14.3 Å². The zero-order chi connectivity index (χ0) is 26.9. The number of aryl methyl sites for hydroxylation is 1. The predicted octanol–water partition coefficient (Wildman–Crippen LogP) is 3.02. The maximum Gasteiger partial charge on any atom is 0.470 e. The normalized spacial score (nSPS) is 24.8. The molecule has 0 saturated carbocycles. The molecule has 4 heterocycles. The fraction of sp³-hybridized carbons (Fsp3) is 0.440. The number of rotatable bonds is 4. The highest BCUT2D eigenvalue weighted by Gasteiger charge is 2.54. The third-order valence-corrected chi connectivity index (χ3v) is 10.00. The topological polar surface area (TPSA) is 93.7 Å². The van der Waals surface area contributed by atoms with Crippen molar-refractivity contribution in [3.8, 4) is 5.69 Å². The van der Waals surface area contributed by atoms with Crippen LogP contribution in [0.2, 0.25) is 5.02 Å². The molecule has 2 aromatic carbocycles. The molecule has 13 heteroatoms. The lowest BCUT2D eigenvalue weighted by molar-refractivity contribution is -0.675. The van der Waals surface area contributed by atoms with E-state index in [0.717, 1.165) is 0 Å². The number of likely N-dealkylation sites (tertiary alicyclic amines) is 1. The van der Waals surface area contributed by atoms with Crippen LogP contribution < -0.4 is 15.3 Å². The van der Waals surface area contributed by atoms with Gasteiger partial charge in [-0.2, -0.15) is 4.31 Å². The summed E-state index contributed by atoms with van der Waals surface area (Å²) in [7, 11) is -4.13. The highest BCUT2D eigenvalue weighted by Crippen LogP contribution is 2.47. The third kappa shape index (κ3) is 3.80. The van der Waals surface area contributed by atoms with Gasteiger partial charge in [-0.1, -0.05) is 23.6 Å². The van der Waals surface area contributed by atoms with E-state index in [4.69, 9.17) is 16.0 Å². The van der Waals surface area contributed by atoms with Gasteiger partial charge < -0.3 is 9.32 Å². The van der Waals surface area contributed by atoms with Gasteiger partial charge in [0.25, 0.3) is 0 Å². The van der Waals surface area contributed by atoms with E-state index >= 15 is 4.39 Å². The first kappa shape index (κ1) is 25.5. The average Bonchev–Trinajstić information content (AvgIpc) is 3.48. The summed E-state index contributed by atoms with van der Waals surface area (Å²) in [5.74, 6) is -1.87. The second-order valence-electron chi connectivity index (χ2n) is 10.1. The smallest absolute Gasteiger partial charge is 0.352 e. The van der Waals surface area contributed by atoms with Gasteiger partial charge in [0.2, 0.25) is 15.7 Å². The van der Waals surface area contributed by atoms with Crippen molar-refractivity contribution in [1.29, 1.82) is 0 Å². The highest BCUT2D eigenvalue weighted by atomic mass is 35.5. The van der Waals surface area contributed by atoms with Gasteiger partial charge in [0.15, 0.2) is 6.04 Å². The summed E-state index contributed by atoms with van der Waals surface area (Å²) in [6, 6.07) is 6.44. The number of hydrogen-bond acceptors (Lipinski definition) is 6. The van der Waals surface area contributed by atoms with Gasteiger partial charge in [0, 0.05) is 42.2 Å². The Hall–Kier alpha value is -2.80. The SMILES string of the molecule is Cc1ccc(F)c2c1-[n+]1[nH]c(=O)oc1[C@@H](N1CN([C@H]3CCN(CCF)C3)c3cc(Cl)ccc3S1(=O)=O)[C@@H]2C. The second kappa shape index (κ2) is 9.15. The summed E-state index contributed by atoms with van der Waals surface area (Å²) in [5, 5.41) is 2.98. The Kier molecular flexibility index (Phi) is 6.13. The summed E-state index contributed by atoms with van der Waals surface area (Å²) in [5.41, 5.74) is 1.90. The van der Waals surface area contributed by atoms with Crippen LogP contribution in [-0.2, 0) is 10.0 Å². The van der Waals surface area contributed by atoms with Crippen LogP contribution in [-0.4, -0.2) is 61.7 Å². The molecule has 0 aliphatic carbocycles. The first-order valence-electron chi connectivity index (χ1n) is 12.4. The summed E-state index contributed by atoms with van der Waals surface area (Å²) >= 11 is 6.29. The van der Waals surface area contributed by atoms with Crippen molar-refractivity contribution in [3.63, 3.8) is 0 Å². The molecule has 3 aromatic rings. The number of alkyl halides is 1. The van der Waals surface area contributed by atoms with Crippen LogP contribution in [0, 0.1) is 12.7 Å². The van der Waals surface area contributed by atoms with E-state index in [1.807, 2.05) is 9.80 Å². The number of anilines is 1. The van der Waals surface area contributed by atoms with E-state index in [1.54, 1.807) is 26.0 Å².